The topological polar surface area (TPSA) is 67.8 Å². The van der Waals surface area contributed by atoms with Gasteiger partial charge >= 0.3 is 11.7 Å². The molecule has 0 spiro atoms. The molecule has 4 nitrogen and oxygen atoms in total. The van der Waals surface area contributed by atoms with Gasteiger partial charge in [-0.3, -0.25) is 0 Å². The van der Waals surface area contributed by atoms with Crippen molar-refractivity contribution in [3.63, 3.8) is 0 Å². The Bertz CT molecular complexity index is 172. The van der Waals surface area contributed by atoms with Gasteiger partial charge in [0.25, 0.3) is 0 Å². The van der Waals surface area contributed by atoms with Crippen LogP contribution in [0, 0.1) is 6.92 Å². The van der Waals surface area contributed by atoms with Gasteiger partial charge in [0, 0.05) is 6.92 Å². The van der Waals surface area contributed by atoms with Gasteiger partial charge in [0.05, 0.1) is 0 Å². The Morgan fingerprint density at radius 1 is 1.88 bits per heavy atom. The van der Waals surface area contributed by atoms with E-state index in [0.29, 0.717) is 6.54 Å². The van der Waals surface area contributed by atoms with Crippen molar-refractivity contribution in [2.75, 3.05) is 0 Å². The minimum atomic E-state index is 0.626. The van der Waals surface area contributed by atoms with Crippen LogP contribution in [0.5, 0.6) is 0 Å². The molecular formula is C4H9N3O+2. The van der Waals surface area contributed by atoms with E-state index in [0.717, 1.165) is 11.7 Å². The highest BCUT2D eigenvalue weighted by molar-refractivity contribution is 4.62. The van der Waals surface area contributed by atoms with E-state index in [4.69, 9.17) is 4.52 Å². The molecule has 1 aromatic heterocycles. The lowest BCUT2D eigenvalue weighted by atomic mass is 10.6. The van der Waals surface area contributed by atoms with E-state index in [1.165, 1.54) is 0 Å². The lowest BCUT2D eigenvalue weighted by Gasteiger charge is -1.67. The Morgan fingerprint density at radius 2 is 2.62 bits per heavy atom. The minimum absolute atomic E-state index is 0.626. The highest BCUT2D eigenvalue weighted by atomic mass is 16.5. The van der Waals surface area contributed by atoms with Gasteiger partial charge in [0.1, 0.15) is 0 Å². The van der Waals surface area contributed by atoms with Crippen LogP contribution in [-0.2, 0) is 6.54 Å². The number of hydrogen-bond acceptors (Lipinski definition) is 2. The predicted molar refractivity (Wildman–Crippen MR) is 24.4 cm³/mol. The van der Waals surface area contributed by atoms with Gasteiger partial charge in [-0.1, -0.05) is 0 Å². The maximum Gasteiger partial charge on any atom is 0.369 e. The average Bonchev–Trinajstić information content (AvgIpc) is 2.14. The molecule has 0 aliphatic carbocycles. The maximum atomic E-state index is 4.75. The van der Waals surface area contributed by atoms with Crippen molar-refractivity contribution >= 4 is 0 Å². The number of aromatic nitrogens is 2. The number of aryl methyl sites for hydroxylation is 1. The summed E-state index contributed by atoms with van der Waals surface area (Å²) in [6, 6.07) is 0. The Balaban J connectivity index is 2.84. The lowest BCUT2D eigenvalue weighted by Crippen LogP contribution is -2.49. The first-order valence-electron chi connectivity index (χ1n) is 2.46. The average molecular weight is 115 g/mol. The summed E-state index contributed by atoms with van der Waals surface area (Å²) >= 11 is 0. The van der Waals surface area contributed by atoms with Gasteiger partial charge < -0.3 is 5.73 Å². The van der Waals surface area contributed by atoms with Crippen LogP contribution >= 0.6 is 0 Å². The van der Waals surface area contributed by atoms with Crippen LogP contribution in [0.15, 0.2) is 4.52 Å². The van der Waals surface area contributed by atoms with Gasteiger partial charge in [0.2, 0.25) is 0 Å². The number of H-pyrrole nitrogens is 1. The Morgan fingerprint density at radius 3 is 2.88 bits per heavy atom. The van der Waals surface area contributed by atoms with Crippen molar-refractivity contribution in [1.29, 1.82) is 0 Å². The largest absolute Gasteiger partial charge is 0.369 e. The van der Waals surface area contributed by atoms with E-state index in [9.17, 15) is 0 Å². The highest BCUT2D eigenvalue weighted by Gasteiger charge is 2.07. The van der Waals surface area contributed by atoms with E-state index in [-0.39, 0.29) is 0 Å². The second-order valence-electron chi connectivity index (χ2n) is 1.57. The van der Waals surface area contributed by atoms with Crippen LogP contribution in [0.25, 0.3) is 0 Å². The van der Waals surface area contributed by atoms with Crippen molar-refractivity contribution in [1.82, 2.24) is 5.16 Å². The minimum Gasteiger partial charge on any atom is -0.348 e. The fourth-order valence-electron chi connectivity index (χ4n) is 0.479. The van der Waals surface area contributed by atoms with Crippen molar-refractivity contribution in [2.45, 2.75) is 13.5 Å². The van der Waals surface area contributed by atoms with E-state index < -0.39 is 0 Å². The molecule has 0 aromatic carbocycles. The van der Waals surface area contributed by atoms with Gasteiger partial charge in [-0.2, -0.15) is 0 Å². The molecule has 1 rings (SSSR count). The summed E-state index contributed by atoms with van der Waals surface area (Å²) < 4.78 is 4.75. The van der Waals surface area contributed by atoms with E-state index >= 15 is 0 Å². The van der Waals surface area contributed by atoms with Crippen molar-refractivity contribution < 1.29 is 15.2 Å². The number of nitrogens with one attached hydrogen (secondary N) is 1. The first-order chi connectivity index (χ1) is 3.83. The van der Waals surface area contributed by atoms with Crippen molar-refractivity contribution in [3.8, 4) is 0 Å². The molecule has 4 heteroatoms. The molecule has 8 heavy (non-hydrogen) atoms. The van der Waals surface area contributed by atoms with Crippen LogP contribution < -0.4 is 10.7 Å². The molecule has 4 N–H and O–H groups in total. The number of nitrogens with zero attached hydrogens (tertiary/aromatic N) is 1. The van der Waals surface area contributed by atoms with E-state index in [1.54, 1.807) is 0 Å². The summed E-state index contributed by atoms with van der Waals surface area (Å²) in [4.78, 5) is 2.89. The standard InChI is InChI=1S/C4H7N3O/c1-3-6-4(2-5)8-7-3/h2,5H2,1H3/p+2. The third-order valence-corrected chi connectivity index (χ3v) is 0.840. The molecule has 0 atom stereocenters. The highest BCUT2D eigenvalue weighted by Crippen LogP contribution is 1.82. The molecule has 0 fully saturated rings. The molecule has 0 radical (unpaired) electrons. The summed E-state index contributed by atoms with van der Waals surface area (Å²) in [6.45, 7) is 2.46. The zero-order valence-corrected chi connectivity index (χ0v) is 4.77. The second kappa shape index (κ2) is 1.92. The number of rotatable bonds is 1. The zero-order valence-electron chi connectivity index (χ0n) is 4.77. The first kappa shape index (κ1) is 5.24. The molecular weight excluding hydrogens is 106 g/mol. The Labute approximate surface area is 46.7 Å². The van der Waals surface area contributed by atoms with Crippen LogP contribution in [0.2, 0.25) is 0 Å². The molecule has 0 saturated carbocycles. The molecule has 0 aliphatic heterocycles. The van der Waals surface area contributed by atoms with Gasteiger partial charge in [-0.25, -0.2) is 9.51 Å². The van der Waals surface area contributed by atoms with Gasteiger partial charge in [-0.05, 0) is 0 Å². The number of hydrogen-bond donors (Lipinski definition) is 1. The third kappa shape index (κ3) is 0.840. The summed E-state index contributed by atoms with van der Waals surface area (Å²) in [6.07, 6.45) is 0. The quantitative estimate of drug-likeness (QED) is 0.486. The fraction of sp³-hybridized carbons (Fsp3) is 0.500. The number of aromatic amines is 1. The summed E-state index contributed by atoms with van der Waals surface area (Å²) in [5, 5.41) is 3.62. The van der Waals surface area contributed by atoms with E-state index in [2.05, 4.69) is 15.9 Å². The zero-order chi connectivity index (χ0) is 5.98. The summed E-state index contributed by atoms with van der Waals surface area (Å²) in [5.41, 5.74) is 3.60. The normalized spacial score (nSPS) is 9.75. The monoisotopic (exact) mass is 115 g/mol. The van der Waals surface area contributed by atoms with Crippen molar-refractivity contribution in [2.24, 2.45) is 0 Å². The molecule has 1 aromatic rings. The van der Waals surface area contributed by atoms with Crippen LogP contribution in [0.1, 0.15) is 11.7 Å². The second-order valence-corrected chi connectivity index (χ2v) is 1.57. The molecule has 0 aliphatic rings. The molecule has 0 unspecified atom stereocenters. The molecule has 0 bridgehead atoms. The first-order valence-corrected chi connectivity index (χ1v) is 2.46. The predicted octanol–water partition coefficient (Wildman–Crippen LogP) is -1.46. The fourth-order valence-corrected chi connectivity index (χ4v) is 0.479. The third-order valence-electron chi connectivity index (χ3n) is 0.840. The van der Waals surface area contributed by atoms with Gasteiger partial charge in [-0.15, -0.1) is 0 Å². The SMILES string of the molecule is Cc1noc(C[NH3+])[nH+]1. The Hall–Kier alpha value is -0.900. The Kier molecular flexibility index (Phi) is 1.26. The lowest BCUT2D eigenvalue weighted by molar-refractivity contribution is -0.469. The number of quaternary nitrogens is 1. The van der Waals surface area contributed by atoms with Gasteiger partial charge in [0.15, 0.2) is 11.7 Å². The van der Waals surface area contributed by atoms with Crippen LogP contribution in [0.3, 0.4) is 0 Å². The molecule has 0 saturated heterocycles. The maximum absolute atomic E-state index is 4.75. The molecule has 1 heterocycles. The van der Waals surface area contributed by atoms with Crippen molar-refractivity contribution in [3.05, 3.63) is 11.7 Å². The van der Waals surface area contributed by atoms with Crippen LogP contribution in [-0.4, -0.2) is 5.16 Å². The summed E-state index contributed by atoms with van der Waals surface area (Å²) in [5.74, 6) is 1.52. The molecule has 0 amide bonds. The summed E-state index contributed by atoms with van der Waals surface area (Å²) in [7, 11) is 0. The van der Waals surface area contributed by atoms with E-state index in [1.807, 2.05) is 6.92 Å². The smallest absolute Gasteiger partial charge is 0.348 e. The molecule has 44 valence electrons. The van der Waals surface area contributed by atoms with Crippen LogP contribution in [0.4, 0.5) is 0 Å².